The van der Waals surface area contributed by atoms with Crippen LogP contribution in [0.15, 0.2) is 4.79 Å². The van der Waals surface area contributed by atoms with Crippen LogP contribution in [0.25, 0.3) is 11.5 Å². The van der Waals surface area contributed by atoms with Crippen LogP contribution < -0.4 is 11.0 Å². The smallest absolute Gasteiger partial charge is 0.331 e. The van der Waals surface area contributed by atoms with Gasteiger partial charge < -0.3 is 5.32 Å². The maximum atomic E-state index is 13.4. The maximum absolute atomic E-state index is 13.4. The number of halogens is 1. The lowest BCUT2D eigenvalue weighted by atomic mass is 9.75. The van der Waals surface area contributed by atoms with E-state index in [0.29, 0.717) is 13.1 Å². The van der Waals surface area contributed by atoms with Crippen LogP contribution in [-0.4, -0.2) is 25.1 Å². The third-order valence-corrected chi connectivity index (χ3v) is 8.46. The summed E-state index contributed by atoms with van der Waals surface area (Å²) in [5.41, 5.74) is 1.24. The summed E-state index contributed by atoms with van der Waals surface area (Å²) in [6.45, 7) is 10.2. The first kappa shape index (κ1) is 20.3. The zero-order chi connectivity index (χ0) is 20.1. The Morgan fingerprint density at radius 2 is 1.83 bits per heavy atom. The van der Waals surface area contributed by atoms with E-state index >= 15 is 0 Å². The number of nitrogens with one attached hydrogen (secondary N) is 1. The van der Waals surface area contributed by atoms with Crippen molar-refractivity contribution >= 4 is 18.2 Å². The van der Waals surface area contributed by atoms with E-state index in [-0.39, 0.29) is 35.0 Å². The molecule has 0 spiro atoms. The number of hydrogen-bond acceptors (Lipinski definition) is 4. The fraction of sp³-hybridized carbons (Fsp3) is 0.783. The van der Waals surface area contributed by atoms with E-state index in [1.165, 1.54) is 32.1 Å². The van der Waals surface area contributed by atoms with Crippen LogP contribution in [-0.2, 0) is 18.5 Å². The standard InChI is InChI=1S/C23H33N5O.ClH/c1-5-6-27-19-17(18-24-16(22(2,3)4)12-28(18)21(27)29)25-20(26-19)23-10-13-7-14(11-23)9-15(23)8-13;/h13-16,24H,5-12H2,1-4H3;1H/t13?,14?,15?,16-,23?;/m1./s1. The van der Waals surface area contributed by atoms with Gasteiger partial charge in [-0.2, -0.15) is 0 Å². The molecule has 4 aliphatic carbocycles. The third kappa shape index (κ3) is 2.58. The van der Waals surface area contributed by atoms with Crippen molar-refractivity contribution in [2.45, 2.75) is 90.8 Å². The fourth-order valence-electron chi connectivity index (χ4n) is 7.15. The van der Waals surface area contributed by atoms with E-state index in [1.54, 1.807) is 0 Å². The fourth-order valence-corrected chi connectivity index (χ4v) is 7.15. The van der Waals surface area contributed by atoms with Crippen molar-refractivity contribution in [3.05, 3.63) is 16.3 Å². The molecule has 4 bridgehead atoms. The SMILES string of the molecule is CCCn1c2nc(C34CC5CC(CC3C5)C4)nc-2c2n(c1=O)C[C@H](C(C)(C)C)N2.Cl. The number of rotatable bonds is 3. The normalized spacial score (nSPS) is 33.7. The summed E-state index contributed by atoms with van der Waals surface area (Å²) in [7, 11) is 0. The Morgan fingerprint density at radius 3 is 2.47 bits per heavy atom. The third-order valence-electron chi connectivity index (χ3n) is 8.46. The lowest BCUT2D eigenvalue weighted by Crippen LogP contribution is -2.35. The molecule has 0 aromatic heterocycles. The van der Waals surface area contributed by atoms with E-state index in [9.17, 15) is 4.79 Å². The van der Waals surface area contributed by atoms with E-state index in [1.807, 2.05) is 9.13 Å². The zero-order valence-electron chi connectivity index (χ0n) is 18.6. The van der Waals surface area contributed by atoms with Crippen molar-refractivity contribution in [3.63, 3.8) is 0 Å². The molecule has 0 saturated heterocycles. The van der Waals surface area contributed by atoms with Gasteiger partial charge in [-0.1, -0.05) is 27.7 Å². The second-order valence-corrected chi connectivity index (χ2v) is 11.4. The maximum Gasteiger partial charge on any atom is 0.331 e. The van der Waals surface area contributed by atoms with Gasteiger partial charge in [-0.25, -0.2) is 14.8 Å². The van der Waals surface area contributed by atoms with Crippen LogP contribution in [0.5, 0.6) is 0 Å². The highest BCUT2D eigenvalue weighted by molar-refractivity contribution is 5.85. The summed E-state index contributed by atoms with van der Waals surface area (Å²) < 4.78 is 3.81. The number of anilines is 1. The van der Waals surface area contributed by atoms with Crippen molar-refractivity contribution in [3.8, 4) is 11.5 Å². The van der Waals surface area contributed by atoms with E-state index in [4.69, 9.17) is 9.97 Å². The number of imidazole rings is 1. The topological polar surface area (TPSA) is 64.7 Å². The van der Waals surface area contributed by atoms with Gasteiger partial charge in [-0.05, 0) is 61.7 Å². The van der Waals surface area contributed by atoms with Crippen LogP contribution in [0, 0.1) is 23.2 Å². The molecule has 30 heavy (non-hydrogen) atoms. The van der Waals surface area contributed by atoms with Crippen molar-refractivity contribution < 1.29 is 0 Å². The Morgan fingerprint density at radius 1 is 1.13 bits per heavy atom. The van der Waals surface area contributed by atoms with Crippen LogP contribution in [0.4, 0.5) is 5.82 Å². The highest BCUT2D eigenvalue weighted by Gasteiger charge is 2.60. The van der Waals surface area contributed by atoms with Gasteiger partial charge in [0.1, 0.15) is 17.3 Å². The minimum absolute atomic E-state index is 0. The summed E-state index contributed by atoms with van der Waals surface area (Å²) >= 11 is 0. The first-order valence-corrected chi connectivity index (χ1v) is 11.6. The lowest BCUT2D eigenvalue weighted by Gasteiger charge is -2.30. The molecule has 0 aromatic carbocycles. The average Bonchev–Trinajstić information content (AvgIpc) is 3.37. The van der Waals surface area contributed by atoms with Gasteiger partial charge in [0.15, 0.2) is 5.82 Å². The molecule has 7 rings (SSSR count). The summed E-state index contributed by atoms with van der Waals surface area (Å²) in [5, 5.41) is 3.65. The predicted octanol–water partition coefficient (Wildman–Crippen LogP) is 4.29. The van der Waals surface area contributed by atoms with Crippen molar-refractivity contribution in [1.82, 2.24) is 19.1 Å². The minimum atomic E-state index is 0. The van der Waals surface area contributed by atoms with Gasteiger partial charge in [0.2, 0.25) is 0 Å². The average molecular weight is 432 g/mol. The molecule has 0 radical (unpaired) electrons. The Bertz CT molecular complexity index is 1000. The van der Waals surface area contributed by atoms with Gasteiger partial charge in [-0.3, -0.25) is 9.13 Å². The van der Waals surface area contributed by atoms with Crippen LogP contribution in [0.3, 0.4) is 0 Å². The monoisotopic (exact) mass is 431 g/mol. The Hall–Kier alpha value is -1.56. The highest BCUT2D eigenvalue weighted by atomic mass is 35.5. The van der Waals surface area contributed by atoms with Crippen molar-refractivity contribution in [2.75, 3.05) is 5.32 Å². The summed E-state index contributed by atoms with van der Waals surface area (Å²) in [4.78, 5) is 23.7. The molecular weight excluding hydrogens is 398 g/mol. The second-order valence-electron chi connectivity index (χ2n) is 11.4. The molecule has 0 amide bonds. The number of fused-ring (bicyclic) bond motifs is 3. The molecular formula is C23H34ClN5O. The Kier molecular flexibility index (Phi) is 4.39. The van der Waals surface area contributed by atoms with Gasteiger partial charge in [0.25, 0.3) is 0 Å². The van der Waals surface area contributed by atoms with E-state index < -0.39 is 0 Å². The molecule has 0 aromatic rings. The summed E-state index contributed by atoms with van der Waals surface area (Å²) in [6.07, 6.45) is 7.58. The Balaban J connectivity index is 0.00000193. The molecule has 3 heterocycles. The molecule has 4 fully saturated rings. The number of nitrogens with zero attached hydrogens (tertiary/aromatic N) is 4. The van der Waals surface area contributed by atoms with Crippen molar-refractivity contribution in [1.29, 1.82) is 0 Å². The quantitative estimate of drug-likeness (QED) is 0.787. The number of hydrogen-bond donors (Lipinski definition) is 1. The van der Waals surface area contributed by atoms with Gasteiger partial charge in [0, 0.05) is 18.5 Å². The summed E-state index contributed by atoms with van der Waals surface area (Å²) in [5.74, 6) is 5.24. The molecule has 1 N–H and O–H groups in total. The van der Waals surface area contributed by atoms with Crippen LogP contribution in [0.1, 0.15) is 72.0 Å². The van der Waals surface area contributed by atoms with Crippen LogP contribution >= 0.6 is 12.4 Å². The van der Waals surface area contributed by atoms with E-state index in [2.05, 4.69) is 33.0 Å². The molecule has 3 aliphatic heterocycles. The first-order chi connectivity index (χ1) is 13.8. The molecule has 3 atom stereocenters. The second kappa shape index (κ2) is 6.47. The lowest BCUT2D eigenvalue weighted by molar-refractivity contribution is 0.262. The number of aromatic nitrogens is 4. The molecule has 7 aliphatic rings. The van der Waals surface area contributed by atoms with Gasteiger partial charge >= 0.3 is 5.69 Å². The molecule has 4 saturated carbocycles. The molecule has 2 unspecified atom stereocenters. The van der Waals surface area contributed by atoms with Crippen molar-refractivity contribution in [2.24, 2.45) is 23.2 Å². The summed E-state index contributed by atoms with van der Waals surface area (Å²) in [6, 6.07) is 0.229. The zero-order valence-corrected chi connectivity index (χ0v) is 19.4. The molecule has 7 heteroatoms. The first-order valence-electron chi connectivity index (χ1n) is 11.6. The largest absolute Gasteiger partial charge is 0.364 e. The predicted molar refractivity (Wildman–Crippen MR) is 121 cm³/mol. The van der Waals surface area contributed by atoms with Gasteiger partial charge in [0.05, 0.1) is 6.04 Å². The molecule has 6 nitrogen and oxygen atoms in total. The highest BCUT2D eigenvalue weighted by Crippen LogP contribution is 2.65. The Labute approximate surface area is 184 Å². The van der Waals surface area contributed by atoms with Gasteiger partial charge in [-0.15, -0.1) is 12.4 Å². The van der Waals surface area contributed by atoms with Crippen LogP contribution in [0.2, 0.25) is 0 Å². The molecule has 164 valence electrons. The minimum Gasteiger partial charge on any atom is -0.364 e. The van der Waals surface area contributed by atoms with E-state index in [0.717, 1.165) is 47.3 Å².